The first kappa shape index (κ1) is 14.5. The molecule has 0 aliphatic heterocycles. The molecule has 0 aromatic heterocycles. The van der Waals surface area contributed by atoms with Crippen molar-refractivity contribution in [2.24, 2.45) is 5.84 Å². The van der Waals surface area contributed by atoms with Gasteiger partial charge in [0.05, 0.1) is 13.2 Å². The Morgan fingerprint density at radius 2 is 2.00 bits per heavy atom. The Hall–Kier alpha value is -1.91. The summed E-state index contributed by atoms with van der Waals surface area (Å²) in [5, 5.41) is 0. The second-order valence-electron chi connectivity index (χ2n) is 4.74. The van der Waals surface area contributed by atoms with E-state index in [1.165, 1.54) is 12.1 Å². The minimum Gasteiger partial charge on any atom is -0.496 e. The summed E-state index contributed by atoms with van der Waals surface area (Å²) in [4.78, 5) is 0. The SMILES string of the molecule is COc1ccccc1CC(NN)c1cc(F)ccc1C. The van der Waals surface area contributed by atoms with E-state index in [0.29, 0.717) is 6.42 Å². The maximum absolute atomic E-state index is 13.4. The van der Waals surface area contributed by atoms with Gasteiger partial charge in [0.2, 0.25) is 0 Å². The van der Waals surface area contributed by atoms with E-state index in [9.17, 15) is 4.39 Å². The summed E-state index contributed by atoms with van der Waals surface area (Å²) in [6, 6.07) is 12.3. The van der Waals surface area contributed by atoms with E-state index in [1.54, 1.807) is 13.2 Å². The number of aryl methyl sites for hydroxylation is 1. The quantitative estimate of drug-likeness (QED) is 0.651. The average molecular weight is 274 g/mol. The molecule has 0 spiro atoms. The molecule has 0 heterocycles. The molecule has 0 aliphatic carbocycles. The summed E-state index contributed by atoms with van der Waals surface area (Å²) in [5.41, 5.74) is 5.66. The van der Waals surface area contributed by atoms with E-state index >= 15 is 0 Å². The molecular formula is C16H19FN2O. The molecule has 106 valence electrons. The number of hydrogen-bond donors (Lipinski definition) is 2. The summed E-state index contributed by atoms with van der Waals surface area (Å²) >= 11 is 0. The fourth-order valence-electron chi connectivity index (χ4n) is 2.34. The minimum absolute atomic E-state index is 0.165. The van der Waals surface area contributed by atoms with Crippen molar-refractivity contribution in [2.45, 2.75) is 19.4 Å². The molecule has 0 saturated heterocycles. The van der Waals surface area contributed by atoms with E-state index in [0.717, 1.165) is 22.4 Å². The fourth-order valence-corrected chi connectivity index (χ4v) is 2.34. The molecular weight excluding hydrogens is 255 g/mol. The van der Waals surface area contributed by atoms with Gasteiger partial charge in [-0.1, -0.05) is 24.3 Å². The van der Waals surface area contributed by atoms with Gasteiger partial charge in [-0.2, -0.15) is 0 Å². The summed E-state index contributed by atoms with van der Waals surface area (Å²) in [6.07, 6.45) is 0.630. The molecule has 3 N–H and O–H groups in total. The average Bonchev–Trinajstić information content (AvgIpc) is 2.48. The van der Waals surface area contributed by atoms with Gasteiger partial charge in [-0.15, -0.1) is 0 Å². The van der Waals surface area contributed by atoms with Crippen molar-refractivity contribution in [3.05, 3.63) is 65.0 Å². The number of nitrogens with two attached hydrogens (primary N) is 1. The lowest BCUT2D eigenvalue weighted by Gasteiger charge is -2.20. The fraction of sp³-hybridized carbons (Fsp3) is 0.250. The van der Waals surface area contributed by atoms with Gasteiger partial charge in [-0.3, -0.25) is 11.3 Å². The number of rotatable bonds is 5. The van der Waals surface area contributed by atoms with Gasteiger partial charge < -0.3 is 4.74 Å². The number of para-hydroxylation sites is 1. The van der Waals surface area contributed by atoms with Crippen LogP contribution in [0.3, 0.4) is 0 Å². The highest BCUT2D eigenvalue weighted by Gasteiger charge is 2.16. The largest absolute Gasteiger partial charge is 0.496 e. The van der Waals surface area contributed by atoms with Gasteiger partial charge in [0, 0.05) is 0 Å². The second-order valence-corrected chi connectivity index (χ2v) is 4.74. The smallest absolute Gasteiger partial charge is 0.123 e. The number of benzene rings is 2. The zero-order valence-electron chi connectivity index (χ0n) is 11.7. The normalized spacial score (nSPS) is 12.2. The number of hydrazine groups is 1. The Kier molecular flexibility index (Phi) is 4.71. The summed E-state index contributed by atoms with van der Waals surface area (Å²) in [5.74, 6) is 6.20. The topological polar surface area (TPSA) is 47.3 Å². The first-order chi connectivity index (χ1) is 9.65. The number of halogens is 1. The van der Waals surface area contributed by atoms with Crippen LogP contribution in [0.1, 0.15) is 22.7 Å². The number of hydrogen-bond acceptors (Lipinski definition) is 3. The van der Waals surface area contributed by atoms with Crippen molar-refractivity contribution in [1.82, 2.24) is 5.43 Å². The second kappa shape index (κ2) is 6.50. The molecule has 1 unspecified atom stereocenters. The van der Waals surface area contributed by atoms with E-state index in [-0.39, 0.29) is 11.9 Å². The van der Waals surface area contributed by atoms with Crippen molar-refractivity contribution in [3.8, 4) is 5.75 Å². The van der Waals surface area contributed by atoms with Crippen LogP contribution in [0, 0.1) is 12.7 Å². The van der Waals surface area contributed by atoms with Crippen LogP contribution in [0.25, 0.3) is 0 Å². The molecule has 1 atom stereocenters. The van der Waals surface area contributed by atoms with Crippen LogP contribution in [-0.2, 0) is 6.42 Å². The van der Waals surface area contributed by atoms with Crippen molar-refractivity contribution in [2.75, 3.05) is 7.11 Å². The third-order valence-corrected chi connectivity index (χ3v) is 3.43. The molecule has 0 saturated carbocycles. The van der Waals surface area contributed by atoms with Crippen LogP contribution in [0.4, 0.5) is 4.39 Å². The van der Waals surface area contributed by atoms with Gasteiger partial charge in [-0.25, -0.2) is 4.39 Å². The van der Waals surface area contributed by atoms with Gasteiger partial charge in [-0.05, 0) is 48.2 Å². The first-order valence-corrected chi connectivity index (χ1v) is 6.49. The van der Waals surface area contributed by atoms with Crippen molar-refractivity contribution < 1.29 is 9.13 Å². The van der Waals surface area contributed by atoms with Crippen LogP contribution in [0.15, 0.2) is 42.5 Å². The molecule has 20 heavy (non-hydrogen) atoms. The van der Waals surface area contributed by atoms with Crippen LogP contribution < -0.4 is 16.0 Å². The van der Waals surface area contributed by atoms with Gasteiger partial charge in [0.1, 0.15) is 11.6 Å². The summed E-state index contributed by atoms with van der Waals surface area (Å²) in [7, 11) is 1.64. The molecule has 0 bridgehead atoms. The zero-order valence-corrected chi connectivity index (χ0v) is 11.7. The Labute approximate surface area is 118 Å². The third kappa shape index (κ3) is 3.15. The van der Waals surface area contributed by atoms with E-state index in [4.69, 9.17) is 10.6 Å². The molecule has 0 fully saturated rings. The maximum Gasteiger partial charge on any atom is 0.123 e. The van der Waals surface area contributed by atoms with Crippen LogP contribution in [0.5, 0.6) is 5.75 Å². The van der Waals surface area contributed by atoms with Gasteiger partial charge in [0.15, 0.2) is 0 Å². The predicted molar refractivity (Wildman–Crippen MR) is 77.9 cm³/mol. The maximum atomic E-state index is 13.4. The Morgan fingerprint density at radius 1 is 1.25 bits per heavy atom. The molecule has 3 nitrogen and oxygen atoms in total. The molecule has 2 aromatic rings. The van der Waals surface area contributed by atoms with Crippen LogP contribution in [-0.4, -0.2) is 7.11 Å². The third-order valence-electron chi connectivity index (χ3n) is 3.43. The molecule has 0 aliphatic rings. The lowest BCUT2D eigenvalue weighted by atomic mass is 9.95. The van der Waals surface area contributed by atoms with Crippen molar-refractivity contribution >= 4 is 0 Å². The highest BCUT2D eigenvalue weighted by Crippen LogP contribution is 2.26. The zero-order chi connectivity index (χ0) is 14.5. The Balaban J connectivity index is 2.31. The number of methoxy groups -OCH3 is 1. The molecule has 2 aromatic carbocycles. The van der Waals surface area contributed by atoms with Crippen LogP contribution >= 0.6 is 0 Å². The lowest BCUT2D eigenvalue weighted by molar-refractivity contribution is 0.405. The van der Waals surface area contributed by atoms with E-state index in [1.807, 2.05) is 31.2 Å². The van der Waals surface area contributed by atoms with Gasteiger partial charge >= 0.3 is 0 Å². The highest BCUT2D eigenvalue weighted by molar-refractivity contribution is 5.37. The molecule has 4 heteroatoms. The number of nitrogens with one attached hydrogen (secondary N) is 1. The minimum atomic E-state index is -0.258. The Bertz CT molecular complexity index is 586. The van der Waals surface area contributed by atoms with Crippen molar-refractivity contribution in [1.29, 1.82) is 0 Å². The summed E-state index contributed by atoms with van der Waals surface area (Å²) in [6.45, 7) is 1.95. The van der Waals surface area contributed by atoms with Gasteiger partial charge in [0.25, 0.3) is 0 Å². The highest BCUT2D eigenvalue weighted by atomic mass is 19.1. The van der Waals surface area contributed by atoms with E-state index in [2.05, 4.69) is 5.43 Å². The monoisotopic (exact) mass is 274 g/mol. The number of ether oxygens (including phenoxy) is 1. The van der Waals surface area contributed by atoms with Crippen molar-refractivity contribution in [3.63, 3.8) is 0 Å². The van der Waals surface area contributed by atoms with Crippen LogP contribution in [0.2, 0.25) is 0 Å². The first-order valence-electron chi connectivity index (χ1n) is 6.49. The van der Waals surface area contributed by atoms with E-state index < -0.39 is 0 Å². The molecule has 2 rings (SSSR count). The Morgan fingerprint density at radius 3 is 2.70 bits per heavy atom. The summed E-state index contributed by atoms with van der Waals surface area (Å²) < 4.78 is 18.8. The molecule has 0 radical (unpaired) electrons. The predicted octanol–water partition coefficient (Wildman–Crippen LogP) is 2.89. The standard InChI is InChI=1S/C16H19FN2O/c1-11-7-8-13(17)10-14(11)15(19-18)9-12-5-3-4-6-16(12)20-2/h3-8,10,15,19H,9,18H2,1-2H3. The molecule has 0 amide bonds. The lowest BCUT2D eigenvalue weighted by Crippen LogP contribution is -2.30.